The molecule has 0 N–H and O–H groups in total. The predicted molar refractivity (Wildman–Crippen MR) is 98.4 cm³/mol. The molecule has 9 heteroatoms. The lowest BCUT2D eigenvalue weighted by atomic mass is 10.2. The second kappa shape index (κ2) is 7.38. The normalized spacial score (nSPS) is 16.6. The summed E-state index contributed by atoms with van der Waals surface area (Å²) in [5, 5.41) is 6.12. The summed E-state index contributed by atoms with van der Waals surface area (Å²) in [6.07, 6.45) is 1.72. The third-order valence-electron chi connectivity index (χ3n) is 4.51. The van der Waals surface area contributed by atoms with Crippen molar-refractivity contribution in [2.24, 2.45) is 0 Å². The first-order valence-electron chi connectivity index (χ1n) is 8.48. The van der Waals surface area contributed by atoms with Gasteiger partial charge in [-0.25, -0.2) is 4.98 Å². The van der Waals surface area contributed by atoms with Crippen LogP contribution in [0.5, 0.6) is 5.88 Å². The summed E-state index contributed by atoms with van der Waals surface area (Å²) in [7, 11) is 1.61. The summed E-state index contributed by atoms with van der Waals surface area (Å²) in [6.45, 7) is 5.52. The standard InChI is InChI=1S/C17H20N6O2S/c1-12(16-20-15(21-25-16)13-4-3-11-26-13)22-7-9-23(10-8-22)17-18-6-5-14(19-17)24-2/h3-6,11-12H,7-10H2,1-2H3. The number of anilines is 1. The Balaban J connectivity index is 1.39. The minimum atomic E-state index is 0.0737. The lowest BCUT2D eigenvalue weighted by Crippen LogP contribution is -2.47. The third-order valence-corrected chi connectivity index (χ3v) is 5.38. The molecule has 1 fully saturated rings. The monoisotopic (exact) mass is 372 g/mol. The van der Waals surface area contributed by atoms with Crippen molar-refractivity contribution in [3.8, 4) is 16.6 Å². The number of rotatable bonds is 5. The summed E-state index contributed by atoms with van der Waals surface area (Å²) in [6, 6.07) is 5.81. The molecule has 8 nitrogen and oxygen atoms in total. The predicted octanol–water partition coefficient (Wildman–Crippen LogP) is 2.48. The van der Waals surface area contributed by atoms with Crippen LogP contribution >= 0.6 is 11.3 Å². The fourth-order valence-electron chi connectivity index (χ4n) is 2.97. The molecule has 4 rings (SSSR count). The van der Waals surface area contributed by atoms with E-state index in [0.717, 1.165) is 31.1 Å². The Morgan fingerprint density at radius 1 is 1.19 bits per heavy atom. The van der Waals surface area contributed by atoms with Crippen molar-refractivity contribution in [3.05, 3.63) is 35.7 Å². The molecule has 0 aliphatic carbocycles. The molecule has 0 amide bonds. The van der Waals surface area contributed by atoms with Gasteiger partial charge in [0.25, 0.3) is 0 Å². The smallest absolute Gasteiger partial charge is 0.244 e. The van der Waals surface area contributed by atoms with Crippen LogP contribution in [-0.2, 0) is 0 Å². The van der Waals surface area contributed by atoms with Gasteiger partial charge in [0, 0.05) is 38.4 Å². The summed E-state index contributed by atoms with van der Waals surface area (Å²) < 4.78 is 10.7. The van der Waals surface area contributed by atoms with Gasteiger partial charge in [-0.1, -0.05) is 11.2 Å². The van der Waals surface area contributed by atoms with E-state index in [4.69, 9.17) is 9.26 Å². The van der Waals surface area contributed by atoms with Crippen molar-refractivity contribution in [1.29, 1.82) is 0 Å². The molecule has 4 heterocycles. The molecule has 0 saturated carbocycles. The highest BCUT2D eigenvalue weighted by atomic mass is 32.1. The maximum atomic E-state index is 5.49. The minimum absolute atomic E-state index is 0.0737. The van der Waals surface area contributed by atoms with E-state index >= 15 is 0 Å². The molecule has 136 valence electrons. The van der Waals surface area contributed by atoms with Crippen LogP contribution in [0.15, 0.2) is 34.3 Å². The van der Waals surface area contributed by atoms with Crippen LogP contribution in [-0.4, -0.2) is 58.3 Å². The van der Waals surface area contributed by atoms with E-state index < -0.39 is 0 Å². The van der Waals surface area contributed by atoms with Gasteiger partial charge in [-0.3, -0.25) is 4.90 Å². The topological polar surface area (TPSA) is 80.4 Å². The second-order valence-electron chi connectivity index (χ2n) is 6.03. The van der Waals surface area contributed by atoms with Crippen molar-refractivity contribution in [2.45, 2.75) is 13.0 Å². The van der Waals surface area contributed by atoms with Gasteiger partial charge in [0.05, 0.1) is 18.0 Å². The van der Waals surface area contributed by atoms with Gasteiger partial charge in [-0.05, 0) is 18.4 Å². The molecule has 3 aromatic rings. The van der Waals surface area contributed by atoms with Gasteiger partial charge in [0.2, 0.25) is 23.5 Å². The van der Waals surface area contributed by atoms with E-state index in [1.807, 2.05) is 17.5 Å². The quantitative estimate of drug-likeness (QED) is 0.676. The fourth-order valence-corrected chi connectivity index (χ4v) is 3.62. The van der Waals surface area contributed by atoms with Crippen LogP contribution in [0.3, 0.4) is 0 Å². The molecule has 0 spiro atoms. The molecule has 0 aromatic carbocycles. The average Bonchev–Trinajstić information content (AvgIpc) is 3.39. The Bertz CT molecular complexity index is 845. The highest BCUT2D eigenvalue weighted by molar-refractivity contribution is 7.13. The molecule has 0 radical (unpaired) electrons. The van der Waals surface area contributed by atoms with Gasteiger partial charge >= 0.3 is 0 Å². The number of piperazine rings is 1. The maximum Gasteiger partial charge on any atom is 0.244 e. The van der Waals surface area contributed by atoms with Gasteiger partial charge in [-0.15, -0.1) is 11.3 Å². The third kappa shape index (κ3) is 3.40. The molecule has 26 heavy (non-hydrogen) atoms. The number of aromatic nitrogens is 4. The first kappa shape index (κ1) is 16.9. The Morgan fingerprint density at radius 3 is 2.77 bits per heavy atom. The molecule has 0 bridgehead atoms. The first-order valence-corrected chi connectivity index (χ1v) is 9.36. The van der Waals surface area contributed by atoms with Crippen molar-refractivity contribution in [1.82, 2.24) is 25.0 Å². The average molecular weight is 372 g/mol. The Hall–Kier alpha value is -2.52. The highest BCUT2D eigenvalue weighted by Gasteiger charge is 2.27. The number of methoxy groups -OCH3 is 1. The Morgan fingerprint density at radius 2 is 2.04 bits per heavy atom. The first-order chi connectivity index (χ1) is 12.7. The van der Waals surface area contributed by atoms with E-state index in [-0.39, 0.29) is 6.04 Å². The van der Waals surface area contributed by atoms with E-state index in [1.165, 1.54) is 0 Å². The summed E-state index contributed by atoms with van der Waals surface area (Å²) in [4.78, 5) is 18.8. The van der Waals surface area contributed by atoms with Gasteiger partial charge in [-0.2, -0.15) is 9.97 Å². The highest BCUT2D eigenvalue weighted by Crippen LogP contribution is 2.26. The summed E-state index contributed by atoms with van der Waals surface area (Å²) in [5.74, 6) is 2.59. The van der Waals surface area contributed by atoms with Crippen molar-refractivity contribution in [3.63, 3.8) is 0 Å². The van der Waals surface area contributed by atoms with Crippen LogP contribution in [0.4, 0.5) is 5.95 Å². The van der Waals surface area contributed by atoms with Crippen LogP contribution in [0.25, 0.3) is 10.7 Å². The second-order valence-corrected chi connectivity index (χ2v) is 6.98. The van der Waals surface area contributed by atoms with E-state index in [9.17, 15) is 0 Å². The molecular formula is C17H20N6O2S. The largest absolute Gasteiger partial charge is 0.481 e. The van der Waals surface area contributed by atoms with E-state index in [2.05, 4.69) is 36.8 Å². The zero-order valence-electron chi connectivity index (χ0n) is 14.7. The zero-order chi connectivity index (χ0) is 17.9. The molecule has 1 aliphatic rings. The number of thiophene rings is 1. The van der Waals surface area contributed by atoms with Crippen LogP contribution in [0.1, 0.15) is 18.9 Å². The molecular weight excluding hydrogens is 352 g/mol. The summed E-state index contributed by atoms with van der Waals surface area (Å²) in [5.41, 5.74) is 0. The summed E-state index contributed by atoms with van der Waals surface area (Å²) >= 11 is 1.61. The number of ether oxygens (including phenoxy) is 1. The van der Waals surface area contributed by atoms with Gasteiger partial charge in [0.1, 0.15) is 0 Å². The molecule has 1 saturated heterocycles. The van der Waals surface area contributed by atoms with Gasteiger partial charge < -0.3 is 14.2 Å². The van der Waals surface area contributed by atoms with E-state index in [1.54, 1.807) is 30.7 Å². The van der Waals surface area contributed by atoms with Crippen LogP contribution in [0.2, 0.25) is 0 Å². The number of hydrogen-bond acceptors (Lipinski definition) is 9. The SMILES string of the molecule is COc1ccnc(N2CCN(C(C)c3nc(-c4cccs4)no3)CC2)n1. The lowest BCUT2D eigenvalue weighted by Gasteiger charge is -2.36. The zero-order valence-corrected chi connectivity index (χ0v) is 15.5. The number of nitrogens with zero attached hydrogens (tertiary/aromatic N) is 6. The van der Waals surface area contributed by atoms with Gasteiger partial charge in [0.15, 0.2) is 0 Å². The lowest BCUT2D eigenvalue weighted by molar-refractivity contribution is 0.163. The van der Waals surface area contributed by atoms with Crippen LogP contribution in [0, 0.1) is 0 Å². The molecule has 3 aromatic heterocycles. The van der Waals surface area contributed by atoms with Crippen molar-refractivity contribution < 1.29 is 9.26 Å². The minimum Gasteiger partial charge on any atom is -0.481 e. The van der Waals surface area contributed by atoms with E-state index in [0.29, 0.717) is 23.5 Å². The molecule has 1 aliphatic heterocycles. The maximum absolute atomic E-state index is 5.49. The molecule has 1 unspecified atom stereocenters. The molecule has 1 atom stereocenters. The van der Waals surface area contributed by atoms with Crippen LogP contribution < -0.4 is 9.64 Å². The fraction of sp³-hybridized carbons (Fsp3) is 0.412. The Labute approximate surface area is 155 Å². The Kier molecular flexibility index (Phi) is 4.81. The number of hydrogen-bond donors (Lipinski definition) is 0. The van der Waals surface area contributed by atoms with Crippen molar-refractivity contribution >= 4 is 17.3 Å². The van der Waals surface area contributed by atoms with Crippen molar-refractivity contribution in [2.75, 3.05) is 38.2 Å².